The third-order valence-corrected chi connectivity index (χ3v) is 5.01. The second-order valence-electron chi connectivity index (χ2n) is 6.84. The van der Waals surface area contributed by atoms with E-state index in [4.69, 9.17) is 4.74 Å². The van der Waals surface area contributed by atoms with Crippen molar-refractivity contribution < 1.29 is 4.74 Å². The molecule has 2 saturated heterocycles. The van der Waals surface area contributed by atoms with Crippen molar-refractivity contribution >= 4 is 5.69 Å². The normalized spacial score (nSPS) is 23.0. The molecule has 1 atom stereocenters. The van der Waals surface area contributed by atoms with E-state index in [0.717, 1.165) is 38.4 Å². The molecular weight excluding hydrogens is 286 g/mol. The predicted molar refractivity (Wildman–Crippen MR) is 96.5 cm³/mol. The zero-order valence-corrected chi connectivity index (χ0v) is 14.5. The highest BCUT2D eigenvalue weighted by Crippen LogP contribution is 2.22. The molecule has 2 heterocycles. The molecule has 0 unspecified atom stereocenters. The fourth-order valence-corrected chi connectivity index (χ4v) is 3.62. The van der Waals surface area contributed by atoms with Crippen LogP contribution in [0.4, 0.5) is 5.69 Å². The van der Waals surface area contributed by atoms with Gasteiger partial charge >= 0.3 is 0 Å². The van der Waals surface area contributed by atoms with E-state index in [1.807, 2.05) is 0 Å². The maximum absolute atomic E-state index is 5.91. The molecule has 0 spiro atoms. The van der Waals surface area contributed by atoms with Crippen molar-refractivity contribution in [2.45, 2.75) is 38.6 Å². The molecular formula is C19H31N3O. The van der Waals surface area contributed by atoms with Crippen LogP contribution in [0.3, 0.4) is 0 Å². The molecule has 0 aromatic heterocycles. The SMILES string of the molecule is C[C@@H]1CNCCN1c1ccc(OCCCN2CCCCC2)cc1. The smallest absolute Gasteiger partial charge is 0.119 e. The Morgan fingerprint density at radius 2 is 1.87 bits per heavy atom. The molecule has 1 aromatic carbocycles. The summed E-state index contributed by atoms with van der Waals surface area (Å²) in [7, 11) is 0. The Labute approximate surface area is 140 Å². The summed E-state index contributed by atoms with van der Waals surface area (Å²) in [6.07, 6.45) is 5.27. The summed E-state index contributed by atoms with van der Waals surface area (Å²) in [5.74, 6) is 0.996. The van der Waals surface area contributed by atoms with Crippen LogP contribution in [0.5, 0.6) is 5.75 Å². The highest BCUT2D eigenvalue weighted by molar-refractivity contribution is 5.50. The first-order valence-corrected chi connectivity index (χ1v) is 9.25. The maximum Gasteiger partial charge on any atom is 0.119 e. The average molecular weight is 317 g/mol. The summed E-state index contributed by atoms with van der Waals surface area (Å²) in [5.41, 5.74) is 1.31. The van der Waals surface area contributed by atoms with Crippen molar-refractivity contribution in [2.24, 2.45) is 0 Å². The quantitative estimate of drug-likeness (QED) is 0.817. The number of piperazine rings is 1. The van der Waals surface area contributed by atoms with Crippen molar-refractivity contribution in [1.82, 2.24) is 10.2 Å². The van der Waals surface area contributed by atoms with Crippen LogP contribution >= 0.6 is 0 Å². The topological polar surface area (TPSA) is 27.7 Å². The molecule has 2 fully saturated rings. The van der Waals surface area contributed by atoms with Gasteiger partial charge in [0.2, 0.25) is 0 Å². The first kappa shape index (κ1) is 16.6. The predicted octanol–water partition coefficient (Wildman–Crippen LogP) is 2.74. The van der Waals surface area contributed by atoms with E-state index in [1.54, 1.807) is 0 Å². The molecule has 0 saturated carbocycles. The molecule has 4 nitrogen and oxygen atoms in total. The third-order valence-electron chi connectivity index (χ3n) is 5.01. The van der Waals surface area contributed by atoms with Crippen LogP contribution in [-0.2, 0) is 0 Å². The lowest BCUT2D eigenvalue weighted by molar-refractivity contribution is 0.205. The molecule has 0 amide bonds. The zero-order chi connectivity index (χ0) is 15.9. The Balaban J connectivity index is 1.40. The molecule has 128 valence electrons. The molecule has 1 N–H and O–H groups in total. The van der Waals surface area contributed by atoms with Crippen molar-refractivity contribution in [3.05, 3.63) is 24.3 Å². The number of nitrogens with one attached hydrogen (secondary N) is 1. The number of anilines is 1. The third kappa shape index (κ3) is 4.85. The van der Waals surface area contributed by atoms with Gasteiger partial charge in [-0.05, 0) is 63.5 Å². The first-order valence-electron chi connectivity index (χ1n) is 9.25. The van der Waals surface area contributed by atoms with Crippen LogP contribution < -0.4 is 15.0 Å². The fourth-order valence-electron chi connectivity index (χ4n) is 3.62. The van der Waals surface area contributed by atoms with E-state index in [1.165, 1.54) is 44.6 Å². The Kier molecular flexibility index (Phi) is 6.17. The van der Waals surface area contributed by atoms with Gasteiger partial charge in [-0.15, -0.1) is 0 Å². The van der Waals surface area contributed by atoms with Crippen LogP contribution in [0.25, 0.3) is 0 Å². The van der Waals surface area contributed by atoms with Gasteiger partial charge in [-0.3, -0.25) is 0 Å². The molecule has 23 heavy (non-hydrogen) atoms. The lowest BCUT2D eigenvalue weighted by Gasteiger charge is -2.36. The molecule has 4 heteroatoms. The summed E-state index contributed by atoms with van der Waals surface area (Å²) in [4.78, 5) is 5.04. The monoisotopic (exact) mass is 317 g/mol. The molecule has 2 aliphatic rings. The number of likely N-dealkylation sites (tertiary alicyclic amines) is 1. The van der Waals surface area contributed by atoms with Crippen molar-refractivity contribution in [3.63, 3.8) is 0 Å². The van der Waals surface area contributed by atoms with E-state index in [2.05, 4.69) is 46.3 Å². The largest absolute Gasteiger partial charge is 0.494 e. The number of nitrogens with zero attached hydrogens (tertiary/aromatic N) is 2. The van der Waals surface area contributed by atoms with E-state index in [-0.39, 0.29) is 0 Å². The van der Waals surface area contributed by atoms with Gasteiger partial charge in [-0.1, -0.05) is 6.42 Å². The Morgan fingerprint density at radius 3 is 2.61 bits per heavy atom. The lowest BCUT2D eigenvalue weighted by Crippen LogP contribution is -2.49. The van der Waals surface area contributed by atoms with Gasteiger partial charge in [0.05, 0.1) is 6.61 Å². The van der Waals surface area contributed by atoms with Crippen LogP contribution in [0, 0.1) is 0 Å². The van der Waals surface area contributed by atoms with Gasteiger partial charge in [-0.2, -0.15) is 0 Å². The summed E-state index contributed by atoms with van der Waals surface area (Å²) < 4.78 is 5.91. The second kappa shape index (κ2) is 8.55. The fraction of sp³-hybridized carbons (Fsp3) is 0.684. The van der Waals surface area contributed by atoms with E-state index >= 15 is 0 Å². The van der Waals surface area contributed by atoms with Crippen LogP contribution in [-0.4, -0.2) is 56.8 Å². The number of ether oxygens (including phenoxy) is 1. The number of hydrogen-bond acceptors (Lipinski definition) is 4. The standard InChI is InChI=1S/C19H31N3O/c1-17-16-20-10-14-22(17)18-6-8-19(9-7-18)23-15-5-13-21-11-3-2-4-12-21/h6-9,17,20H,2-5,10-16H2,1H3/t17-/m1/s1. The van der Waals surface area contributed by atoms with Gasteiger partial charge in [0.1, 0.15) is 5.75 Å². The van der Waals surface area contributed by atoms with Crippen LogP contribution in [0.2, 0.25) is 0 Å². The molecule has 0 radical (unpaired) electrons. The maximum atomic E-state index is 5.91. The first-order chi connectivity index (χ1) is 11.3. The van der Waals surface area contributed by atoms with Gasteiger partial charge in [0, 0.05) is 37.9 Å². The summed E-state index contributed by atoms with van der Waals surface area (Å²) in [5, 5.41) is 3.44. The highest BCUT2D eigenvalue weighted by atomic mass is 16.5. The summed E-state index contributed by atoms with van der Waals surface area (Å²) in [6, 6.07) is 9.18. The van der Waals surface area contributed by atoms with Gasteiger partial charge in [0.15, 0.2) is 0 Å². The minimum absolute atomic E-state index is 0.556. The van der Waals surface area contributed by atoms with Gasteiger partial charge in [-0.25, -0.2) is 0 Å². The molecule has 1 aromatic rings. The van der Waals surface area contributed by atoms with Crippen molar-refractivity contribution in [1.29, 1.82) is 0 Å². The van der Waals surface area contributed by atoms with Gasteiger partial charge < -0.3 is 19.9 Å². The number of benzene rings is 1. The van der Waals surface area contributed by atoms with Gasteiger partial charge in [0.25, 0.3) is 0 Å². The number of rotatable bonds is 6. The second-order valence-corrected chi connectivity index (χ2v) is 6.84. The van der Waals surface area contributed by atoms with E-state index < -0.39 is 0 Å². The van der Waals surface area contributed by atoms with Crippen LogP contribution in [0.1, 0.15) is 32.6 Å². The van der Waals surface area contributed by atoms with Crippen LogP contribution in [0.15, 0.2) is 24.3 Å². The molecule has 3 rings (SSSR count). The molecule has 0 bridgehead atoms. The van der Waals surface area contributed by atoms with Crippen molar-refractivity contribution in [3.8, 4) is 5.75 Å². The Morgan fingerprint density at radius 1 is 1.09 bits per heavy atom. The number of piperidine rings is 1. The lowest BCUT2D eigenvalue weighted by atomic mass is 10.1. The number of hydrogen-bond donors (Lipinski definition) is 1. The highest BCUT2D eigenvalue weighted by Gasteiger charge is 2.17. The zero-order valence-electron chi connectivity index (χ0n) is 14.5. The van der Waals surface area contributed by atoms with E-state index in [9.17, 15) is 0 Å². The minimum Gasteiger partial charge on any atom is -0.494 e. The summed E-state index contributed by atoms with van der Waals surface area (Å²) >= 11 is 0. The summed E-state index contributed by atoms with van der Waals surface area (Å²) in [6.45, 7) is 10.0. The Hall–Kier alpha value is -1.26. The minimum atomic E-state index is 0.556. The molecule has 2 aliphatic heterocycles. The average Bonchev–Trinajstić information content (AvgIpc) is 2.61. The van der Waals surface area contributed by atoms with E-state index in [0.29, 0.717) is 6.04 Å². The Bertz CT molecular complexity index is 456. The molecule has 0 aliphatic carbocycles. The van der Waals surface area contributed by atoms with Crippen molar-refractivity contribution in [2.75, 3.05) is 50.8 Å².